The largest absolute Gasteiger partial charge is 0.456 e. The molecule has 0 aliphatic carbocycles. The zero-order valence-electron chi connectivity index (χ0n) is 26.9. The minimum atomic E-state index is 0.634. The van der Waals surface area contributed by atoms with Gasteiger partial charge in [-0.05, 0) is 96.4 Å². The van der Waals surface area contributed by atoms with Gasteiger partial charge in [0.1, 0.15) is 16.7 Å². The van der Waals surface area contributed by atoms with E-state index in [0.29, 0.717) is 5.89 Å². The van der Waals surface area contributed by atoms with E-state index in [1.54, 1.807) is 0 Å². The zero-order chi connectivity index (χ0) is 32.8. The summed E-state index contributed by atoms with van der Waals surface area (Å²) in [6.45, 7) is 0. The second-order valence-corrected chi connectivity index (χ2v) is 13.0. The van der Waals surface area contributed by atoms with Crippen molar-refractivity contribution in [2.45, 2.75) is 0 Å². The number of nitrogens with zero attached hydrogens (tertiary/aromatic N) is 1. The fraction of sp³-hybridized carbons (Fsp3) is 0. The van der Waals surface area contributed by atoms with Crippen molar-refractivity contribution in [3.8, 4) is 33.7 Å². The van der Waals surface area contributed by atoms with Crippen LogP contribution in [0.2, 0.25) is 0 Å². The molecule has 0 saturated heterocycles. The summed E-state index contributed by atoms with van der Waals surface area (Å²) in [7, 11) is 0. The van der Waals surface area contributed by atoms with Crippen molar-refractivity contribution in [1.82, 2.24) is 4.98 Å². The second kappa shape index (κ2) is 10.4. The lowest BCUT2D eigenvalue weighted by atomic mass is 9.84. The molecule has 11 rings (SSSR count). The minimum Gasteiger partial charge on any atom is -0.456 e. The van der Waals surface area contributed by atoms with Crippen molar-refractivity contribution >= 4 is 76.1 Å². The summed E-state index contributed by atoms with van der Waals surface area (Å²) >= 11 is 0. The Hall–Kier alpha value is -6.71. The molecular weight excluding hydrogens is 611 g/mol. The Morgan fingerprint density at radius 1 is 0.380 bits per heavy atom. The monoisotopic (exact) mass is 637 g/mol. The molecule has 0 aliphatic heterocycles. The van der Waals surface area contributed by atoms with Gasteiger partial charge < -0.3 is 8.83 Å². The Morgan fingerprint density at radius 2 is 1.00 bits per heavy atom. The highest BCUT2D eigenvalue weighted by molar-refractivity contribution is 6.26. The topological polar surface area (TPSA) is 39.2 Å². The average Bonchev–Trinajstić information content (AvgIpc) is 3.79. The highest BCUT2D eigenvalue weighted by Gasteiger charge is 2.21. The van der Waals surface area contributed by atoms with Gasteiger partial charge in [0, 0.05) is 21.7 Å². The van der Waals surface area contributed by atoms with Crippen molar-refractivity contribution in [2.75, 3.05) is 0 Å². The van der Waals surface area contributed by atoms with Gasteiger partial charge in [-0.2, -0.15) is 0 Å². The zero-order valence-corrected chi connectivity index (χ0v) is 26.9. The third-order valence-corrected chi connectivity index (χ3v) is 10.3. The predicted molar refractivity (Wildman–Crippen MR) is 208 cm³/mol. The second-order valence-electron chi connectivity index (χ2n) is 13.0. The molecule has 2 heterocycles. The maximum absolute atomic E-state index is 6.57. The number of oxazole rings is 1. The van der Waals surface area contributed by atoms with Crippen LogP contribution in [0.1, 0.15) is 0 Å². The Balaban J connectivity index is 1.22. The molecule has 0 aliphatic rings. The van der Waals surface area contributed by atoms with Gasteiger partial charge in [-0.25, -0.2) is 4.98 Å². The Morgan fingerprint density at radius 3 is 1.78 bits per heavy atom. The normalized spacial score (nSPS) is 12.0. The highest BCUT2D eigenvalue weighted by Crippen LogP contribution is 2.47. The molecule has 0 atom stereocenters. The number of aromatic nitrogens is 1. The average molecular weight is 638 g/mol. The standard InChI is InChI=1S/C47H27NO2/c1-2-11-30(12-3-1)47-48-39-26-25-29-23-21-28-22-24-31(27-38(28)43(29)46(39)50-47)42-32-13-4-6-15-34(32)44(35-16-7-5-14-33(35)42)37-18-10-20-41-45(37)36-17-8-9-19-40(36)49-41/h1-27H. The Kier molecular flexibility index (Phi) is 5.67. The quantitative estimate of drug-likeness (QED) is 0.143. The molecule has 3 heteroatoms. The van der Waals surface area contributed by atoms with Crippen LogP contribution in [0.25, 0.3) is 110 Å². The first-order valence-electron chi connectivity index (χ1n) is 17.0. The lowest BCUT2D eigenvalue weighted by Gasteiger charge is -2.18. The van der Waals surface area contributed by atoms with Crippen molar-refractivity contribution < 1.29 is 8.83 Å². The van der Waals surface area contributed by atoms with Crippen LogP contribution in [0.5, 0.6) is 0 Å². The molecule has 0 fully saturated rings. The number of fused-ring (bicyclic) bond motifs is 10. The van der Waals surface area contributed by atoms with E-state index in [4.69, 9.17) is 13.8 Å². The highest BCUT2D eigenvalue weighted by atomic mass is 16.3. The summed E-state index contributed by atoms with van der Waals surface area (Å²) in [5, 5.41) is 11.6. The Bertz CT molecular complexity index is 3090. The van der Waals surface area contributed by atoms with E-state index in [-0.39, 0.29) is 0 Å². The van der Waals surface area contributed by atoms with Gasteiger partial charge in [0.15, 0.2) is 5.58 Å². The van der Waals surface area contributed by atoms with Crippen molar-refractivity contribution in [3.05, 3.63) is 164 Å². The van der Waals surface area contributed by atoms with Crippen LogP contribution >= 0.6 is 0 Å². The molecule has 3 nitrogen and oxygen atoms in total. The first kappa shape index (κ1) is 27.3. The maximum atomic E-state index is 6.57. The predicted octanol–water partition coefficient (Wildman–Crippen LogP) is 13.3. The van der Waals surface area contributed by atoms with Crippen molar-refractivity contribution in [3.63, 3.8) is 0 Å². The van der Waals surface area contributed by atoms with E-state index in [9.17, 15) is 0 Å². The molecule has 9 aromatic carbocycles. The summed E-state index contributed by atoms with van der Waals surface area (Å²) in [6.07, 6.45) is 0. The molecule has 0 amide bonds. The molecule has 0 unspecified atom stereocenters. The van der Waals surface area contributed by atoms with Crippen LogP contribution < -0.4 is 0 Å². The van der Waals surface area contributed by atoms with E-state index in [1.807, 2.05) is 36.4 Å². The number of rotatable bonds is 3. The van der Waals surface area contributed by atoms with Gasteiger partial charge in [-0.15, -0.1) is 0 Å². The summed E-state index contributed by atoms with van der Waals surface area (Å²) in [6, 6.07) is 58.0. The van der Waals surface area contributed by atoms with Crippen LogP contribution in [0.4, 0.5) is 0 Å². The summed E-state index contributed by atoms with van der Waals surface area (Å²) in [5.41, 5.74) is 9.23. The maximum Gasteiger partial charge on any atom is 0.227 e. The van der Waals surface area contributed by atoms with Gasteiger partial charge >= 0.3 is 0 Å². The first-order chi connectivity index (χ1) is 24.8. The van der Waals surface area contributed by atoms with Crippen LogP contribution in [-0.2, 0) is 0 Å². The molecule has 0 saturated carbocycles. The fourth-order valence-electron chi connectivity index (χ4n) is 8.09. The number of para-hydroxylation sites is 1. The van der Waals surface area contributed by atoms with Crippen LogP contribution in [0.15, 0.2) is 173 Å². The molecule has 2 aromatic heterocycles. The van der Waals surface area contributed by atoms with Gasteiger partial charge in [-0.3, -0.25) is 0 Å². The number of benzene rings is 9. The molecule has 0 radical (unpaired) electrons. The Labute approximate surface area is 286 Å². The summed E-state index contributed by atoms with van der Waals surface area (Å²) < 4.78 is 12.9. The first-order valence-corrected chi connectivity index (χ1v) is 17.0. The molecule has 0 spiro atoms. The van der Waals surface area contributed by atoms with Crippen LogP contribution in [-0.4, -0.2) is 4.98 Å². The molecule has 0 N–H and O–H groups in total. The van der Waals surface area contributed by atoms with Gasteiger partial charge in [0.2, 0.25) is 5.89 Å². The van der Waals surface area contributed by atoms with E-state index in [1.165, 1.54) is 38.2 Å². The molecular formula is C47H27NO2. The molecule has 232 valence electrons. The SMILES string of the molecule is c1ccc(-c2nc3ccc4ccc5ccc(-c6c7ccccc7c(-c7cccc8oc9ccccc9c78)c7ccccc67)cc5c4c3o2)cc1. The third kappa shape index (κ3) is 3.89. The van der Waals surface area contributed by atoms with Gasteiger partial charge in [0.05, 0.1) is 0 Å². The molecule has 11 aromatic rings. The fourth-order valence-corrected chi connectivity index (χ4v) is 8.09. The minimum absolute atomic E-state index is 0.634. The lowest BCUT2D eigenvalue weighted by molar-refractivity contribution is 0.623. The van der Waals surface area contributed by atoms with E-state index in [0.717, 1.165) is 65.7 Å². The third-order valence-electron chi connectivity index (χ3n) is 10.3. The van der Waals surface area contributed by atoms with Crippen LogP contribution in [0.3, 0.4) is 0 Å². The van der Waals surface area contributed by atoms with E-state index < -0.39 is 0 Å². The summed E-state index contributed by atoms with van der Waals surface area (Å²) in [5.74, 6) is 0.634. The molecule has 0 bridgehead atoms. The summed E-state index contributed by atoms with van der Waals surface area (Å²) in [4.78, 5) is 4.90. The van der Waals surface area contributed by atoms with E-state index in [2.05, 4.69) is 127 Å². The van der Waals surface area contributed by atoms with Gasteiger partial charge in [0.25, 0.3) is 0 Å². The van der Waals surface area contributed by atoms with E-state index >= 15 is 0 Å². The number of hydrogen-bond donors (Lipinski definition) is 0. The van der Waals surface area contributed by atoms with Crippen LogP contribution in [0, 0.1) is 0 Å². The number of furan rings is 1. The lowest BCUT2D eigenvalue weighted by Crippen LogP contribution is -1.91. The van der Waals surface area contributed by atoms with Crippen molar-refractivity contribution in [1.29, 1.82) is 0 Å². The smallest absolute Gasteiger partial charge is 0.227 e. The van der Waals surface area contributed by atoms with Gasteiger partial charge in [-0.1, -0.05) is 127 Å². The van der Waals surface area contributed by atoms with Crippen molar-refractivity contribution in [2.24, 2.45) is 0 Å². The number of hydrogen-bond acceptors (Lipinski definition) is 3. The molecule has 50 heavy (non-hydrogen) atoms.